The molecule has 0 radical (unpaired) electrons. The summed E-state index contributed by atoms with van der Waals surface area (Å²) in [5, 5.41) is 3.44. The molecule has 2 aromatic rings. The predicted molar refractivity (Wildman–Crippen MR) is 111 cm³/mol. The van der Waals surface area contributed by atoms with Crippen LogP contribution in [0.15, 0.2) is 27.4 Å². The molecule has 0 unspecified atom stereocenters. The van der Waals surface area contributed by atoms with Gasteiger partial charge in [0, 0.05) is 22.9 Å². The van der Waals surface area contributed by atoms with Gasteiger partial charge in [-0.25, -0.2) is 4.79 Å². The molecule has 1 aromatic heterocycles. The zero-order valence-corrected chi connectivity index (χ0v) is 17.4. The van der Waals surface area contributed by atoms with E-state index in [1.54, 1.807) is 0 Å². The number of benzene rings is 1. The van der Waals surface area contributed by atoms with Crippen molar-refractivity contribution in [2.45, 2.75) is 65.4 Å². The first-order chi connectivity index (χ1) is 13.8. The van der Waals surface area contributed by atoms with Gasteiger partial charge in [0.25, 0.3) is 0 Å². The Morgan fingerprint density at radius 2 is 1.90 bits per heavy atom. The van der Waals surface area contributed by atoms with Gasteiger partial charge in [-0.1, -0.05) is 33.1 Å². The van der Waals surface area contributed by atoms with E-state index in [0.29, 0.717) is 17.1 Å². The minimum Gasteiger partial charge on any atom is -0.459 e. The molecular weight excluding hydrogens is 370 g/mol. The highest BCUT2D eigenvalue weighted by Gasteiger charge is 2.21. The summed E-state index contributed by atoms with van der Waals surface area (Å²) in [6, 6.07) is 5.20. The first-order valence-electron chi connectivity index (χ1n) is 10.4. The van der Waals surface area contributed by atoms with Crippen LogP contribution in [0.4, 0.5) is 0 Å². The van der Waals surface area contributed by atoms with Gasteiger partial charge < -0.3 is 14.5 Å². The fourth-order valence-electron chi connectivity index (χ4n) is 4.01. The quantitative estimate of drug-likeness (QED) is 0.587. The molecule has 1 fully saturated rings. The molecule has 1 heterocycles. The molecule has 29 heavy (non-hydrogen) atoms. The average molecular weight is 399 g/mol. The number of nitrogens with one attached hydrogen (secondary N) is 1. The zero-order chi connectivity index (χ0) is 21.0. The van der Waals surface area contributed by atoms with Gasteiger partial charge in [0.1, 0.15) is 18.7 Å². The first kappa shape index (κ1) is 21.1. The van der Waals surface area contributed by atoms with Gasteiger partial charge in [-0.3, -0.25) is 9.59 Å². The lowest BCUT2D eigenvalue weighted by Gasteiger charge is -2.20. The number of esters is 1. The number of rotatable bonds is 6. The molecule has 0 aliphatic heterocycles. The molecule has 6 nitrogen and oxygen atoms in total. The Bertz CT molecular complexity index is 954. The van der Waals surface area contributed by atoms with Crippen molar-refractivity contribution in [1.29, 1.82) is 0 Å². The molecule has 1 aliphatic carbocycles. The molecule has 0 saturated heterocycles. The zero-order valence-electron chi connectivity index (χ0n) is 17.4. The van der Waals surface area contributed by atoms with Crippen LogP contribution in [0.1, 0.15) is 68.6 Å². The predicted octanol–water partition coefficient (Wildman–Crippen LogP) is 3.96. The van der Waals surface area contributed by atoms with Crippen molar-refractivity contribution < 1.29 is 18.7 Å². The van der Waals surface area contributed by atoms with Crippen molar-refractivity contribution in [3.05, 3.63) is 45.3 Å². The molecule has 3 rings (SSSR count). The second kappa shape index (κ2) is 9.25. The van der Waals surface area contributed by atoms with Crippen LogP contribution in [0, 0.1) is 12.8 Å². The Morgan fingerprint density at radius 3 is 2.59 bits per heavy atom. The van der Waals surface area contributed by atoms with Crippen molar-refractivity contribution in [3.63, 3.8) is 0 Å². The van der Waals surface area contributed by atoms with Crippen molar-refractivity contribution >= 4 is 22.8 Å². The van der Waals surface area contributed by atoms with Crippen molar-refractivity contribution in [2.24, 2.45) is 5.92 Å². The van der Waals surface area contributed by atoms with E-state index in [0.717, 1.165) is 42.2 Å². The van der Waals surface area contributed by atoms with Crippen LogP contribution >= 0.6 is 0 Å². The third kappa shape index (κ3) is 5.25. The van der Waals surface area contributed by atoms with E-state index in [1.165, 1.54) is 12.5 Å². The van der Waals surface area contributed by atoms with Crippen molar-refractivity contribution in [1.82, 2.24) is 5.32 Å². The summed E-state index contributed by atoms with van der Waals surface area (Å²) < 4.78 is 10.6. The maximum absolute atomic E-state index is 12.2. The molecule has 1 aliphatic rings. The van der Waals surface area contributed by atoms with Crippen LogP contribution in [-0.4, -0.2) is 18.4 Å². The van der Waals surface area contributed by atoms with Gasteiger partial charge in [0.15, 0.2) is 0 Å². The summed E-state index contributed by atoms with van der Waals surface area (Å²) in [6.07, 6.45) is 5.05. The van der Waals surface area contributed by atoms with Gasteiger partial charge >= 0.3 is 11.6 Å². The second-order valence-electron chi connectivity index (χ2n) is 8.16. The number of fused-ring (bicyclic) bond motifs is 1. The summed E-state index contributed by atoms with van der Waals surface area (Å²) in [5.74, 6) is -0.287. The van der Waals surface area contributed by atoms with E-state index in [2.05, 4.69) is 19.2 Å². The lowest BCUT2D eigenvalue weighted by atomic mass is 9.89. The first-order valence-corrected chi connectivity index (χ1v) is 10.4. The van der Waals surface area contributed by atoms with E-state index in [-0.39, 0.29) is 25.0 Å². The maximum Gasteiger partial charge on any atom is 0.336 e. The molecule has 1 aromatic carbocycles. The normalized spacial score (nSPS) is 14.9. The molecule has 0 spiro atoms. The molecule has 0 atom stereocenters. The third-order valence-electron chi connectivity index (χ3n) is 5.61. The number of hydrogen-bond donors (Lipinski definition) is 1. The minimum absolute atomic E-state index is 0.00283. The van der Waals surface area contributed by atoms with Crippen molar-refractivity contribution in [2.75, 3.05) is 6.54 Å². The SMILES string of the molecule is Cc1cc2oc(=O)cc(COC(=O)CNC(=O)C3CCCCC3)c2cc1C(C)C. The lowest BCUT2D eigenvalue weighted by Crippen LogP contribution is -2.36. The number of aryl methyl sites for hydroxylation is 1. The molecule has 1 N–H and O–H groups in total. The summed E-state index contributed by atoms with van der Waals surface area (Å²) >= 11 is 0. The van der Waals surface area contributed by atoms with E-state index in [4.69, 9.17) is 9.15 Å². The Kier molecular flexibility index (Phi) is 6.72. The number of hydrogen-bond acceptors (Lipinski definition) is 5. The molecule has 1 saturated carbocycles. The average Bonchev–Trinajstić information content (AvgIpc) is 2.69. The Morgan fingerprint density at radius 1 is 1.17 bits per heavy atom. The van der Waals surface area contributed by atoms with E-state index >= 15 is 0 Å². The minimum atomic E-state index is -0.522. The molecule has 1 amide bonds. The molecular formula is C23H29NO5. The van der Waals surface area contributed by atoms with Gasteiger partial charge in [0.2, 0.25) is 5.91 Å². The van der Waals surface area contributed by atoms with Crippen LogP contribution in [0.5, 0.6) is 0 Å². The molecule has 156 valence electrons. The number of ether oxygens (including phenoxy) is 1. The van der Waals surface area contributed by atoms with Gasteiger partial charge in [-0.15, -0.1) is 0 Å². The highest BCUT2D eigenvalue weighted by Crippen LogP contribution is 2.27. The van der Waals surface area contributed by atoms with Gasteiger partial charge in [0.05, 0.1) is 0 Å². The Labute approximate surface area is 170 Å². The van der Waals surface area contributed by atoms with Crippen LogP contribution in [0.2, 0.25) is 0 Å². The largest absolute Gasteiger partial charge is 0.459 e. The third-order valence-corrected chi connectivity index (χ3v) is 5.61. The van der Waals surface area contributed by atoms with E-state index in [9.17, 15) is 14.4 Å². The maximum atomic E-state index is 12.2. The number of carbonyl (C=O) groups excluding carboxylic acids is 2. The van der Waals surface area contributed by atoms with Gasteiger partial charge in [-0.05, 0) is 48.9 Å². The molecule has 6 heteroatoms. The smallest absolute Gasteiger partial charge is 0.336 e. The van der Waals surface area contributed by atoms with E-state index < -0.39 is 11.6 Å². The Balaban J connectivity index is 1.66. The van der Waals surface area contributed by atoms with E-state index in [1.807, 2.05) is 19.1 Å². The molecule has 0 bridgehead atoms. The summed E-state index contributed by atoms with van der Waals surface area (Å²) in [7, 11) is 0. The summed E-state index contributed by atoms with van der Waals surface area (Å²) in [6.45, 7) is 5.98. The van der Waals surface area contributed by atoms with Crippen molar-refractivity contribution in [3.8, 4) is 0 Å². The van der Waals surface area contributed by atoms with Crippen LogP contribution in [-0.2, 0) is 20.9 Å². The Hall–Kier alpha value is -2.63. The monoisotopic (exact) mass is 399 g/mol. The highest BCUT2D eigenvalue weighted by molar-refractivity contribution is 5.84. The summed E-state index contributed by atoms with van der Waals surface area (Å²) in [4.78, 5) is 36.2. The standard InChI is InChI=1S/C23H29NO5/c1-14(2)18-11-19-17(10-21(25)29-20(19)9-15(18)3)13-28-22(26)12-24-23(27)16-7-5-4-6-8-16/h9-11,14,16H,4-8,12-13H2,1-3H3,(H,24,27). The lowest BCUT2D eigenvalue weighted by molar-refractivity contribution is -0.145. The fourth-order valence-corrected chi connectivity index (χ4v) is 4.01. The topological polar surface area (TPSA) is 85.6 Å². The van der Waals surface area contributed by atoms with Crippen LogP contribution in [0.3, 0.4) is 0 Å². The number of amides is 1. The van der Waals surface area contributed by atoms with Gasteiger partial charge in [-0.2, -0.15) is 0 Å². The van der Waals surface area contributed by atoms with Crippen LogP contribution in [0.25, 0.3) is 11.0 Å². The highest BCUT2D eigenvalue weighted by atomic mass is 16.5. The fraction of sp³-hybridized carbons (Fsp3) is 0.522. The number of carbonyl (C=O) groups is 2. The van der Waals surface area contributed by atoms with Crippen LogP contribution < -0.4 is 10.9 Å². The second-order valence-corrected chi connectivity index (χ2v) is 8.16. The summed E-state index contributed by atoms with van der Waals surface area (Å²) in [5.41, 5.74) is 2.81.